The van der Waals surface area contributed by atoms with Crippen molar-refractivity contribution in [3.05, 3.63) is 66.0 Å². The molecule has 1 aliphatic heterocycles. The van der Waals surface area contributed by atoms with E-state index in [9.17, 15) is 14.0 Å². The zero-order chi connectivity index (χ0) is 20.2. The lowest BCUT2D eigenvalue weighted by Gasteiger charge is -2.35. The number of hydrogen-bond donors (Lipinski definition) is 1. The molecule has 2 atom stereocenters. The summed E-state index contributed by atoms with van der Waals surface area (Å²) in [5.41, 5.74) is 0.732. The van der Waals surface area contributed by atoms with Gasteiger partial charge in [0.2, 0.25) is 5.91 Å². The molecule has 152 valence electrons. The van der Waals surface area contributed by atoms with Gasteiger partial charge in [-0.3, -0.25) is 9.59 Å². The molecule has 2 aliphatic rings. The van der Waals surface area contributed by atoms with Crippen molar-refractivity contribution in [3.8, 4) is 0 Å². The van der Waals surface area contributed by atoms with Gasteiger partial charge in [-0.2, -0.15) is 0 Å². The van der Waals surface area contributed by atoms with Gasteiger partial charge in [0.25, 0.3) is 5.91 Å². The molecule has 0 unspecified atom stereocenters. The standard InChI is InChI=1S/C23H25FN2O2S/c24-18-13-7-8-14-19(18)25-21(27)20-15-29-23(17-11-5-2-6-12-17)26(20)22(28)16-9-3-1-4-10-16/h1,3-4,7-10,13-14,17,20,23H,2,5-6,11-12,15H2,(H,25,27)/t20-,23-/m1/s1. The maximum atomic E-state index is 14.0. The van der Waals surface area contributed by atoms with E-state index in [-0.39, 0.29) is 22.9 Å². The third-order valence-corrected chi connectivity index (χ3v) is 7.24. The van der Waals surface area contributed by atoms with E-state index in [1.807, 2.05) is 18.2 Å². The van der Waals surface area contributed by atoms with Crippen LogP contribution in [0, 0.1) is 11.7 Å². The number of thioether (sulfide) groups is 1. The second-order valence-corrected chi connectivity index (χ2v) is 8.83. The van der Waals surface area contributed by atoms with E-state index in [4.69, 9.17) is 0 Å². The van der Waals surface area contributed by atoms with Crippen LogP contribution in [0.5, 0.6) is 0 Å². The van der Waals surface area contributed by atoms with Gasteiger partial charge < -0.3 is 10.2 Å². The molecule has 1 aliphatic carbocycles. The molecule has 1 saturated carbocycles. The third kappa shape index (κ3) is 4.32. The van der Waals surface area contributed by atoms with Crippen molar-refractivity contribution in [2.45, 2.75) is 43.5 Å². The number of hydrogen-bond acceptors (Lipinski definition) is 3. The smallest absolute Gasteiger partial charge is 0.255 e. The average Bonchev–Trinajstić information content (AvgIpc) is 3.21. The monoisotopic (exact) mass is 412 g/mol. The molecule has 0 aromatic heterocycles. The highest BCUT2D eigenvalue weighted by atomic mass is 32.2. The fourth-order valence-corrected chi connectivity index (χ4v) is 5.92. The number of nitrogens with zero attached hydrogens (tertiary/aromatic N) is 1. The summed E-state index contributed by atoms with van der Waals surface area (Å²) < 4.78 is 14.0. The first-order valence-electron chi connectivity index (χ1n) is 10.2. The fourth-order valence-electron chi connectivity index (χ4n) is 4.28. The van der Waals surface area contributed by atoms with Gasteiger partial charge in [0.05, 0.1) is 11.1 Å². The number of anilines is 1. The van der Waals surface area contributed by atoms with Gasteiger partial charge in [-0.25, -0.2) is 4.39 Å². The van der Waals surface area contributed by atoms with Crippen LogP contribution in [-0.4, -0.2) is 33.9 Å². The molecule has 4 nitrogen and oxygen atoms in total. The predicted molar refractivity (Wildman–Crippen MR) is 114 cm³/mol. The van der Waals surface area contributed by atoms with Gasteiger partial charge in [0, 0.05) is 11.3 Å². The summed E-state index contributed by atoms with van der Waals surface area (Å²) in [7, 11) is 0. The number of carbonyl (C=O) groups excluding carboxylic acids is 2. The molecule has 2 aromatic rings. The Morgan fingerprint density at radius 1 is 0.966 bits per heavy atom. The van der Waals surface area contributed by atoms with Crippen LogP contribution in [0.25, 0.3) is 0 Å². The van der Waals surface area contributed by atoms with Crippen molar-refractivity contribution >= 4 is 29.3 Å². The SMILES string of the molecule is O=C(Nc1ccccc1F)[C@H]1CS[C@H](C2CCCCC2)N1C(=O)c1ccccc1. The number of rotatable bonds is 4. The van der Waals surface area contributed by atoms with Crippen LogP contribution < -0.4 is 5.32 Å². The van der Waals surface area contributed by atoms with Crippen LogP contribution in [0.3, 0.4) is 0 Å². The van der Waals surface area contributed by atoms with E-state index >= 15 is 0 Å². The normalized spacial score (nSPS) is 22.4. The van der Waals surface area contributed by atoms with Gasteiger partial charge >= 0.3 is 0 Å². The highest BCUT2D eigenvalue weighted by molar-refractivity contribution is 8.00. The average molecular weight is 413 g/mol. The molecule has 1 heterocycles. The number of halogens is 1. The molecule has 0 bridgehead atoms. The Balaban J connectivity index is 1.60. The number of benzene rings is 2. The summed E-state index contributed by atoms with van der Waals surface area (Å²) in [4.78, 5) is 28.2. The highest BCUT2D eigenvalue weighted by Crippen LogP contribution is 2.41. The summed E-state index contributed by atoms with van der Waals surface area (Å²) in [6.45, 7) is 0. The summed E-state index contributed by atoms with van der Waals surface area (Å²) in [5, 5.41) is 2.68. The Labute approximate surface area is 174 Å². The molecule has 29 heavy (non-hydrogen) atoms. The number of carbonyl (C=O) groups is 2. The van der Waals surface area contributed by atoms with Crippen molar-refractivity contribution in [2.24, 2.45) is 5.92 Å². The molecule has 1 saturated heterocycles. The first-order chi connectivity index (χ1) is 14.1. The summed E-state index contributed by atoms with van der Waals surface area (Å²) in [6, 6.07) is 14.6. The van der Waals surface area contributed by atoms with Crippen molar-refractivity contribution < 1.29 is 14.0 Å². The van der Waals surface area contributed by atoms with Crippen LogP contribution in [0.15, 0.2) is 54.6 Å². The molecular weight excluding hydrogens is 387 g/mol. The van der Waals surface area contributed by atoms with Crippen LogP contribution >= 0.6 is 11.8 Å². The van der Waals surface area contributed by atoms with Gasteiger partial charge in [0.1, 0.15) is 11.9 Å². The largest absolute Gasteiger partial charge is 0.322 e. The van der Waals surface area contributed by atoms with Gasteiger partial charge in [-0.1, -0.05) is 49.6 Å². The Morgan fingerprint density at radius 2 is 1.66 bits per heavy atom. The minimum atomic E-state index is -0.612. The minimum Gasteiger partial charge on any atom is -0.322 e. The van der Waals surface area contributed by atoms with Crippen LogP contribution in [0.1, 0.15) is 42.5 Å². The second-order valence-electron chi connectivity index (χ2n) is 7.69. The number of nitrogens with one attached hydrogen (secondary N) is 1. The van der Waals surface area contributed by atoms with Crippen molar-refractivity contribution in [2.75, 3.05) is 11.1 Å². The van der Waals surface area contributed by atoms with E-state index in [1.165, 1.54) is 31.4 Å². The third-order valence-electron chi connectivity index (χ3n) is 5.78. The summed E-state index contributed by atoms with van der Waals surface area (Å²) >= 11 is 1.68. The van der Waals surface area contributed by atoms with E-state index in [0.29, 0.717) is 17.2 Å². The quantitative estimate of drug-likeness (QED) is 0.775. The van der Waals surface area contributed by atoms with Crippen LogP contribution in [0.2, 0.25) is 0 Å². The summed E-state index contributed by atoms with van der Waals surface area (Å²) in [5.74, 6) is -0.00554. The molecular formula is C23H25FN2O2S. The molecule has 6 heteroatoms. The molecule has 0 spiro atoms. The Hall–Kier alpha value is -2.34. The van der Waals surface area contributed by atoms with Crippen molar-refractivity contribution in [1.82, 2.24) is 4.90 Å². The van der Waals surface area contributed by atoms with Crippen LogP contribution in [-0.2, 0) is 4.79 Å². The zero-order valence-electron chi connectivity index (χ0n) is 16.2. The second kappa shape index (κ2) is 8.99. The Bertz CT molecular complexity index is 870. The topological polar surface area (TPSA) is 49.4 Å². The molecule has 0 radical (unpaired) electrons. The lowest BCUT2D eigenvalue weighted by molar-refractivity contribution is -0.120. The summed E-state index contributed by atoms with van der Waals surface area (Å²) in [6.07, 6.45) is 5.73. The van der Waals surface area contributed by atoms with Crippen LogP contribution in [0.4, 0.5) is 10.1 Å². The van der Waals surface area contributed by atoms with Gasteiger partial charge in [0.15, 0.2) is 0 Å². The minimum absolute atomic E-state index is 0.0145. The molecule has 2 amide bonds. The fraction of sp³-hybridized carbons (Fsp3) is 0.391. The van der Waals surface area contributed by atoms with E-state index in [0.717, 1.165) is 12.8 Å². The lowest BCUT2D eigenvalue weighted by Crippen LogP contribution is -2.49. The van der Waals surface area contributed by atoms with Crippen molar-refractivity contribution in [1.29, 1.82) is 0 Å². The molecule has 2 aromatic carbocycles. The maximum Gasteiger partial charge on any atom is 0.255 e. The number of amides is 2. The van der Waals surface area contributed by atoms with E-state index < -0.39 is 11.9 Å². The Kier molecular flexibility index (Phi) is 6.19. The van der Waals surface area contributed by atoms with E-state index in [2.05, 4.69) is 5.32 Å². The first kappa shape index (κ1) is 20.0. The molecule has 2 fully saturated rings. The predicted octanol–water partition coefficient (Wildman–Crippen LogP) is 4.93. The van der Waals surface area contributed by atoms with Crippen molar-refractivity contribution in [3.63, 3.8) is 0 Å². The maximum absolute atomic E-state index is 14.0. The molecule has 4 rings (SSSR count). The molecule has 1 N–H and O–H groups in total. The first-order valence-corrected chi connectivity index (χ1v) is 11.2. The zero-order valence-corrected chi connectivity index (χ0v) is 17.0. The lowest BCUT2D eigenvalue weighted by atomic mass is 9.88. The van der Waals surface area contributed by atoms with Gasteiger partial charge in [-0.15, -0.1) is 11.8 Å². The van der Waals surface area contributed by atoms with Gasteiger partial charge in [-0.05, 0) is 43.0 Å². The Morgan fingerprint density at radius 3 is 2.38 bits per heavy atom. The van der Waals surface area contributed by atoms with E-state index in [1.54, 1.807) is 40.9 Å². The highest BCUT2D eigenvalue weighted by Gasteiger charge is 2.45. The number of para-hydroxylation sites is 1.